The topological polar surface area (TPSA) is 67.4 Å². The van der Waals surface area contributed by atoms with Crippen molar-refractivity contribution in [1.82, 2.24) is 4.72 Å². The first-order chi connectivity index (χ1) is 9.80. The standard InChI is InChI=1S/C15H26N2O3S/c1-5-11-16-13-7-9-14(10-8-13)21(18,19)17-12-15(3,4)20-6-2/h7-10,16-17H,5-6,11-12H2,1-4H3. The summed E-state index contributed by atoms with van der Waals surface area (Å²) in [5.41, 5.74) is 0.398. The van der Waals surface area contributed by atoms with Gasteiger partial charge in [0.1, 0.15) is 0 Å². The molecule has 0 radical (unpaired) electrons. The number of hydrogen-bond acceptors (Lipinski definition) is 4. The maximum atomic E-state index is 12.2. The molecule has 1 aromatic carbocycles. The number of rotatable bonds is 9. The predicted molar refractivity (Wildman–Crippen MR) is 86.1 cm³/mol. The molecule has 0 amide bonds. The summed E-state index contributed by atoms with van der Waals surface area (Å²) in [4.78, 5) is 0.261. The second-order valence-electron chi connectivity index (χ2n) is 5.47. The summed E-state index contributed by atoms with van der Waals surface area (Å²) in [5, 5.41) is 3.21. The van der Waals surface area contributed by atoms with Gasteiger partial charge in [0, 0.05) is 25.4 Å². The van der Waals surface area contributed by atoms with E-state index in [4.69, 9.17) is 4.74 Å². The number of anilines is 1. The Hall–Kier alpha value is -1.11. The van der Waals surface area contributed by atoms with Gasteiger partial charge < -0.3 is 10.1 Å². The molecular weight excluding hydrogens is 288 g/mol. The quantitative estimate of drug-likeness (QED) is 0.735. The van der Waals surface area contributed by atoms with E-state index >= 15 is 0 Å². The van der Waals surface area contributed by atoms with Crippen LogP contribution in [0.4, 0.5) is 5.69 Å². The Morgan fingerprint density at radius 1 is 1.14 bits per heavy atom. The molecule has 0 atom stereocenters. The van der Waals surface area contributed by atoms with E-state index in [0.717, 1.165) is 18.7 Å². The Bertz CT molecular complexity index is 524. The van der Waals surface area contributed by atoms with Gasteiger partial charge in [-0.1, -0.05) is 6.92 Å². The minimum atomic E-state index is -3.51. The third-order valence-electron chi connectivity index (χ3n) is 2.97. The van der Waals surface area contributed by atoms with Gasteiger partial charge in [0.2, 0.25) is 10.0 Å². The highest BCUT2D eigenvalue weighted by Crippen LogP contribution is 2.15. The molecule has 2 N–H and O–H groups in total. The summed E-state index contributed by atoms with van der Waals surface area (Å²) in [6, 6.07) is 6.76. The third-order valence-corrected chi connectivity index (χ3v) is 4.38. The lowest BCUT2D eigenvalue weighted by atomic mass is 10.1. The van der Waals surface area contributed by atoms with Gasteiger partial charge >= 0.3 is 0 Å². The van der Waals surface area contributed by atoms with Crippen LogP contribution in [0.3, 0.4) is 0 Å². The van der Waals surface area contributed by atoms with Crippen LogP contribution < -0.4 is 10.0 Å². The smallest absolute Gasteiger partial charge is 0.240 e. The number of ether oxygens (including phenoxy) is 1. The number of sulfonamides is 1. The van der Waals surface area contributed by atoms with E-state index in [1.54, 1.807) is 24.3 Å². The summed E-state index contributed by atoms with van der Waals surface area (Å²) in [7, 11) is -3.51. The summed E-state index contributed by atoms with van der Waals surface area (Å²) in [5.74, 6) is 0. The molecule has 0 aliphatic heterocycles. The zero-order chi connectivity index (χ0) is 15.9. The Labute approximate surface area is 128 Å². The minimum absolute atomic E-state index is 0.235. The molecular formula is C15H26N2O3S. The lowest BCUT2D eigenvalue weighted by molar-refractivity contribution is -0.00515. The number of benzene rings is 1. The van der Waals surface area contributed by atoms with Gasteiger partial charge in [-0.25, -0.2) is 13.1 Å². The predicted octanol–water partition coefficient (Wildman–Crippen LogP) is 2.60. The Balaban J connectivity index is 2.70. The lowest BCUT2D eigenvalue weighted by Crippen LogP contribution is -2.40. The monoisotopic (exact) mass is 314 g/mol. The summed E-state index contributed by atoms with van der Waals surface area (Å²) in [6.07, 6.45) is 1.02. The minimum Gasteiger partial charge on any atom is -0.385 e. The van der Waals surface area contributed by atoms with Gasteiger partial charge in [-0.2, -0.15) is 0 Å². The van der Waals surface area contributed by atoms with Crippen molar-refractivity contribution < 1.29 is 13.2 Å². The van der Waals surface area contributed by atoms with Crippen molar-refractivity contribution in [1.29, 1.82) is 0 Å². The van der Waals surface area contributed by atoms with Crippen molar-refractivity contribution in [3.8, 4) is 0 Å². The summed E-state index contributed by atoms with van der Waals surface area (Å²) < 4.78 is 32.5. The maximum Gasteiger partial charge on any atom is 0.240 e. The zero-order valence-corrected chi connectivity index (χ0v) is 14.1. The molecule has 0 heterocycles. The average molecular weight is 314 g/mol. The second kappa shape index (κ2) is 7.77. The molecule has 6 heteroatoms. The van der Waals surface area contributed by atoms with E-state index in [-0.39, 0.29) is 11.4 Å². The van der Waals surface area contributed by atoms with Gasteiger partial charge in [0.15, 0.2) is 0 Å². The van der Waals surface area contributed by atoms with E-state index in [2.05, 4.69) is 17.0 Å². The molecule has 5 nitrogen and oxygen atoms in total. The molecule has 1 rings (SSSR count). The van der Waals surface area contributed by atoms with Crippen molar-refractivity contribution in [2.75, 3.05) is 25.0 Å². The van der Waals surface area contributed by atoms with Crippen LogP contribution in [0, 0.1) is 0 Å². The molecule has 0 aliphatic rings. The highest BCUT2D eigenvalue weighted by molar-refractivity contribution is 7.89. The molecule has 120 valence electrons. The van der Waals surface area contributed by atoms with Crippen LogP contribution in [0.15, 0.2) is 29.2 Å². The van der Waals surface area contributed by atoms with E-state index in [1.165, 1.54) is 0 Å². The van der Waals surface area contributed by atoms with Crippen molar-refractivity contribution in [3.63, 3.8) is 0 Å². The largest absolute Gasteiger partial charge is 0.385 e. The third kappa shape index (κ3) is 6.03. The normalized spacial score (nSPS) is 12.4. The van der Waals surface area contributed by atoms with Crippen LogP contribution in [0.25, 0.3) is 0 Å². The molecule has 0 aliphatic carbocycles. The fourth-order valence-electron chi connectivity index (χ4n) is 1.82. The van der Waals surface area contributed by atoms with Crippen LogP contribution in [0.1, 0.15) is 34.1 Å². The van der Waals surface area contributed by atoms with Gasteiger partial charge in [-0.05, 0) is 51.5 Å². The molecule has 0 saturated carbocycles. The first-order valence-electron chi connectivity index (χ1n) is 7.28. The molecule has 0 spiro atoms. The Morgan fingerprint density at radius 3 is 2.29 bits per heavy atom. The lowest BCUT2D eigenvalue weighted by Gasteiger charge is -2.24. The van der Waals surface area contributed by atoms with Crippen LogP contribution in [-0.2, 0) is 14.8 Å². The van der Waals surface area contributed by atoms with Crippen molar-refractivity contribution in [3.05, 3.63) is 24.3 Å². The highest BCUT2D eigenvalue weighted by atomic mass is 32.2. The van der Waals surface area contributed by atoms with Crippen LogP contribution in [0.2, 0.25) is 0 Å². The molecule has 0 fully saturated rings. The summed E-state index contributed by atoms with van der Waals surface area (Å²) in [6.45, 7) is 9.33. The molecule has 0 unspecified atom stereocenters. The fraction of sp³-hybridized carbons (Fsp3) is 0.600. The molecule has 0 bridgehead atoms. The van der Waals surface area contributed by atoms with Gasteiger partial charge in [-0.3, -0.25) is 0 Å². The second-order valence-corrected chi connectivity index (χ2v) is 7.24. The van der Waals surface area contributed by atoms with Crippen LogP contribution >= 0.6 is 0 Å². The van der Waals surface area contributed by atoms with Gasteiger partial charge in [0.25, 0.3) is 0 Å². The van der Waals surface area contributed by atoms with Crippen molar-refractivity contribution in [2.24, 2.45) is 0 Å². The van der Waals surface area contributed by atoms with Crippen molar-refractivity contribution >= 4 is 15.7 Å². The number of hydrogen-bond donors (Lipinski definition) is 2. The van der Waals surface area contributed by atoms with Crippen molar-refractivity contribution in [2.45, 2.75) is 44.6 Å². The molecule has 21 heavy (non-hydrogen) atoms. The first-order valence-corrected chi connectivity index (χ1v) is 8.76. The first kappa shape index (κ1) is 17.9. The Morgan fingerprint density at radius 2 is 1.76 bits per heavy atom. The average Bonchev–Trinajstić information content (AvgIpc) is 2.44. The van der Waals surface area contributed by atoms with E-state index in [1.807, 2.05) is 20.8 Å². The zero-order valence-electron chi connectivity index (χ0n) is 13.3. The van der Waals surface area contributed by atoms with Crippen LogP contribution in [-0.4, -0.2) is 33.7 Å². The van der Waals surface area contributed by atoms with E-state index in [0.29, 0.717) is 6.61 Å². The summed E-state index contributed by atoms with van der Waals surface area (Å²) >= 11 is 0. The van der Waals surface area contributed by atoms with E-state index in [9.17, 15) is 8.42 Å². The van der Waals surface area contributed by atoms with E-state index < -0.39 is 15.6 Å². The van der Waals surface area contributed by atoms with Gasteiger partial charge in [0.05, 0.1) is 10.5 Å². The molecule has 1 aromatic rings. The maximum absolute atomic E-state index is 12.2. The SMILES string of the molecule is CCCNc1ccc(S(=O)(=O)NCC(C)(C)OCC)cc1. The fourth-order valence-corrected chi connectivity index (χ4v) is 3.01. The Kier molecular flexibility index (Phi) is 6.64. The van der Waals surface area contributed by atoms with Crippen LogP contribution in [0.5, 0.6) is 0 Å². The molecule has 0 aromatic heterocycles. The van der Waals surface area contributed by atoms with Gasteiger partial charge in [-0.15, -0.1) is 0 Å². The highest BCUT2D eigenvalue weighted by Gasteiger charge is 2.22. The number of nitrogens with one attached hydrogen (secondary N) is 2. The molecule has 0 saturated heterocycles.